The fourth-order valence-corrected chi connectivity index (χ4v) is 1.70. The van der Waals surface area contributed by atoms with Gasteiger partial charge in [-0.15, -0.1) is 0 Å². The standard InChI is InChI=1S/C4H7I2NO2/c1-9-2-3(7-6)4(5)8/h3,7H,2H2,1H3. The first kappa shape index (κ1) is 10.0. The zero-order valence-electron chi connectivity index (χ0n) is 4.86. The highest BCUT2D eigenvalue weighted by molar-refractivity contribution is 14.1. The smallest absolute Gasteiger partial charge is 0.212 e. The number of ether oxygens (including phenoxy) is 1. The van der Waals surface area contributed by atoms with E-state index in [9.17, 15) is 4.79 Å². The van der Waals surface area contributed by atoms with Gasteiger partial charge in [0, 0.05) is 52.6 Å². The van der Waals surface area contributed by atoms with E-state index in [0.29, 0.717) is 6.61 Å². The summed E-state index contributed by atoms with van der Waals surface area (Å²) in [6, 6.07) is -0.170. The Kier molecular flexibility index (Phi) is 6.48. The van der Waals surface area contributed by atoms with Crippen LogP contribution in [0.4, 0.5) is 0 Å². The van der Waals surface area contributed by atoms with E-state index in [2.05, 4.69) is 3.53 Å². The summed E-state index contributed by atoms with van der Waals surface area (Å²) in [5.74, 6) is 0. The molecule has 0 amide bonds. The zero-order valence-corrected chi connectivity index (χ0v) is 9.17. The number of nitrogens with one attached hydrogen (secondary N) is 1. The van der Waals surface area contributed by atoms with E-state index < -0.39 is 0 Å². The van der Waals surface area contributed by atoms with Gasteiger partial charge in [0.2, 0.25) is 3.79 Å². The Hall–Kier alpha value is 1.05. The van der Waals surface area contributed by atoms with Crippen LogP contribution in [0.25, 0.3) is 0 Å². The minimum atomic E-state index is -0.170. The van der Waals surface area contributed by atoms with Crippen LogP contribution in [0.1, 0.15) is 0 Å². The van der Waals surface area contributed by atoms with Crippen LogP contribution in [0, 0.1) is 0 Å². The molecule has 1 atom stereocenters. The number of methoxy groups -OCH3 is 1. The minimum absolute atomic E-state index is 0.0730. The van der Waals surface area contributed by atoms with Crippen LogP contribution < -0.4 is 3.53 Å². The Labute approximate surface area is 81.5 Å². The molecular formula is C4H7I2NO2. The molecule has 0 fully saturated rings. The lowest BCUT2D eigenvalue weighted by molar-refractivity contribution is -0.111. The third-order valence-corrected chi connectivity index (χ3v) is 2.24. The predicted octanol–water partition coefficient (Wildman–Crippen LogP) is 0.903. The molecule has 0 radical (unpaired) electrons. The van der Waals surface area contributed by atoms with Gasteiger partial charge in [-0.25, -0.2) is 3.53 Å². The highest BCUT2D eigenvalue weighted by Gasteiger charge is 2.11. The van der Waals surface area contributed by atoms with Crippen molar-refractivity contribution in [3.63, 3.8) is 0 Å². The first-order valence-corrected chi connectivity index (χ1v) is 4.42. The Morgan fingerprint density at radius 1 is 1.89 bits per heavy atom. The fraction of sp³-hybridized carbons (Fsp3) is 0.750. The molecule has 0 aliphatic carbocycles. The molecule has 0 aromatic carbocycles. The Balaban J connectivity index is 3.54. The maximum atomic E-state index is 10.6. The predicted molar refractivity (Wildman–Crippen MR) is 51.8 cm³/mol. The van der Waals surface area contributed by atoms with Crippen molar-refractivity contribution < 1.29 is 9.53 Å². The fourth-order valence-electron chi connectivity index (χ4n) is 0.307. The molecule has 0 saturated heterocycles. The van der Waals surface area contributed by atoms with E-state index in [4.69, 9.17) is 4.74 Å². The highest BCUT2D eigenvalue weighted by Crippen LogP contribution is 1.96. The second kappa shape index (κ2) is 5.81. The lowest BCUT2D eigenvalue weighted by atomic mass is 10.4. The number of hydrogen-bond donors (Lipinski definition) is 1. The maximum absolute atomic E-state index is 10.6. The van der Waals surface area contributed by atoms with Crippen LogP contribution in [-0.2, 0) is 9.53 Å². The van der Waals surface area contributed by atoms with Crippen molar-refractivity contribution in [1.82, 2.24) is 3.53 Å². The van der Waals surface area contributed by atoms with Crippen molar-refractivity contribution in [3.8, 4) is 0 Å². The number of halogens is 2. The summed E-state index contributed by atoms with van der Waals surface area (Å²) in [4.78, 5) is 10.6. The van der Waals surface area contributed by atoms with Gasteiger partial charge in [-0.1, -0.05) is 0 Å². The summed E-state index contributed by atoms with van der Waals surface area (Å²) < 4.78 is 7.63. The molecule has 0 aliphatic heterocycles. The SMILES string of the molecule is COCC(NI)C(=O)I. The molecule has 0 saturated carbocycles. The minimum Gasteiger partial charge on any atom is -0.383 e. The summed E-state index contributed by atoms with van der Waals surface area (Å²) in [6.45, 7) is 0.435. The quantitative estimate of drug-likeness (QED) is 0.463. The summed E-state index contributed by atoms with van der Waals surface area (Å²) >= 11 is 3.67. The average molecular weight is 355 g/mol. The summed E-state index contributed by atoms with van der Waals surface area (Å²) in [5.41, 5.74) is 0. The number of rotatable bonds is 4. The van der Waals surface area contributed by atoms with Crippen LogP contribution in [0.5, 0.6) is 0 Å². The van der Waals surface area contributed by atoms with Crippen molar-refractivity contribution in [2.45, 2.75) is 6.04 Å². The third kappa shape index (κ3) is 4.45. The van der Waals surface area contributed by atoms with Crippen molar-refractivity contribution in [2.24, 2.45) is 0 Å². The second-order valence-corrected chi connectivity index (χ2v) is 3.11. The molecule has 3 nitrogen and oxygen atoms in total. The van der Waals surface area contributed by atoms with Gasteiger partial charge in [0.15, 0.2) is 0 Å². The van der Waals surface area contributed by atoms with Crippen molar-refractivity contribution in [1.29, 1.82) is 0 Å². The molecule has 54 valence electrons. The molecular weight excluding hydrogens is 348 g/mol. The van der Waals surface area contributed by atoms with Crippen LogP contribution in [-0.4, -0.2) is 23.5 Å². The molecule has 0 rings (SSSR count). The van der Waals surface area contributed by atoms with E-state index in [1.165, 1.54) is 0 Å². The van der Waals surface area contributed by atoms with E-state index in [-0.39, 0.29) is 9.83 Å². The highest BCUT2D eigenvalue weighted by atomic mass is 127. The van der Waals surface area contributed by atoms with Gasteiger partial charge in [0.1, 0.15) is 6.04 Å². The topological polar surface area (TPSA) is 38.3 Å². The molecule has 0 bridgehead atoms. The average Bonchev–Trinajstić information content (AvgIpc) is 1.82. The molecule has 9 heavy (non-hydrogen) atoms. The van der Waals surface area contributed by atoms with E-state index in [1.54, 1.807) is 29.7 Å². The molecule has 0 spiro atoms. The van der Waals surface area contributed by atoms with Crippen molar-refractivity contribution >= 4 is 49.2 Å². The molecule has 5 heteroatoms. The Morgan fingerprint density at radius 3 is 2.56 bits per heavy atom. The molecule has 1 N–H and O–H groups in total. The van der Waals surface area contributed by atoms with Crippen LogP contribution >= 0.6 is 45.5 Å². The van der Waals surface area contributed by atoms with E-state index in [1.807, 2.05) is 22.9 Å². The first-order valence-electron chi connectivity index (χ1n) is 2.26. The monoisotopic (exact) mass is 355 g/mol. The van der Waals surface area contributed by atoms with Gasteiger partial charge in [-0.3, -0.25) is 4.79 Å². The molecule has 0 aromatic heterocycles. The second-order valence-electron chi connectivity index (χ2n) is 1.42. The maximum Gasteiger partial charge on any atom is 0.212 e. The lowest BCUT2D eigenvalue weighted by Crippen LogP contribution is -2.31. The molecule has 0 aromatic rings. The zero-order chi connectivity index (χ0) is 7.28. The van der Waals surface area contributed by atoms with Gasteiger partial charge < -0.3 is 4.74 Å². The van der Waals surface area contributed by atoms with Crippen LogP contribution in [0.2, 0.25) is 0 Å². The van der Waals surface area contributed by atoms with Gasteiger partial charge >= 0.3 is 0 Å². The lowest BCUT2D eigenvalue weighted by Gasteiger charge is -2.06. The van der Waals surface area contributed by atoms with E-state index in [0.717, 1.165) is 0 Å². The summed E-state index contributed by atoms with van der Waals surface area (Å²) in [5, 5.41) is 0. The van der Waals surface area contributed by atoms with Crippen LogP contribution in [0.15, 0.2) is 0 Å². The third-order valence-electron chi connectivity index (χ3n) is 0.739. The number of hydrogen-bond acceptors (Lipinski definition) is 3. The van der Waals surface area contributed by atoms with Gasteiger partial charge in [-0.2, -0.15) is 0 Å². The first-order chi connectivity index (χ1) is 4.22. The van der Waals surface area contributed by atoms with Gasteiger partial charge in [-0.05, 0) is 0 Å². The summed E-state index contributed by atoms with van der Waals surface area (Å²) in [7, 11) is 1.57. The van der Waals surface area contributed by atoms with Crippen LogP contribution in [0.3, 0.4) is 0 Å². The summed E-state index contributed by atoms with van der Waals surface area (Å²) in [6.07, 6.45) is 0. The number of carbonyl (C=O) groups excluding carboxylic acids is 1. The van der Waals surface area contributed by atoms with Crippen molar-refractivity contribution in [2.75, 3.05) is 13.7 Å². The Morgan fingerprint density at radius 2 is 2.44 bits per heavy atom. The van der Waals surface area contributed by atoms with Gasteiger partial charge in [0.05, 0.1) is 6.61 Å². The van der Waals surface area contributed by atoms with Gasteiger partial charge in [0.25, 0.3) is 0 Å². The Bertz CT molecular complexity index is 98.6. The largest absolute Gasteiger partial charge is 0.383 e. The molecule has 0 aliphatic rings. The molecule has 1 unspecified atom stereocenters. The molecule has 0 heterocycles. The van der Waals surface area contributed by atoms with Crippen molar-refractivity contribution in [3.05, 3.63) is 0 Å². The number of carbonyl (C=O) groups is 1. The normalized spacial score (nSPS) is 13.2. The van der Waals surface area contributed by atoms with E-state index >= 15 is 0 Å².